The van der Waals surface area contributed by atoms with Crippen LogP contribution in [0.1, 0.15) is 20.8 Å². The third-order valence-corrected chi connectivity index (χ3v) is 2.51. The van der Waals surface area contributed by atoms with Crippen LogP contribution in [0.3, 0.4) is 0 Å². The molecule has 1 rings (SSSR count). The highest BCUT2D eigenvalue weighted by Crippen LogP contribution is 2.07. The summed E-state index contributed by atoms with van der Waals surface area (Å²) in [5.41, 5.74) is 0.919. The Morgan fingerprint density at radius 2 is 1.94 bits per heavy atom. The van der Waals surface area contributed by atoms with Crippen molar-refractivity contribution < 1.29 is 4.79 Å². The number of pyridine rings is 1. The zero-order valence-electron chi connectivity index (χ0n) is 10.1. The summed E-state index contributed by atoms with van der Waals surface area (Å²) in [5.74, 6) is 0.127. The second kappa shape index (κ2) is 6.10. The van der Waals surface area contributed by atoms with Gasteiger partial charge < -0.3 is 10.2 Å². The SMILES string of the molecule is CCN(CC)C(=O)C(C)Nc1ccncc1. The monoisotopic (exact) mass is 221 g/mol. The van der Waals surface area contributed by atoms with Gasteiger partial charge >= 0.3 is 0 Å². The van der Waals surface area contributed by atoms with Crippen LogP contribution in [0, 0.1) is 0 Å². The maximum absolute atomic E-state index is 12.0. The van der Waals surface area contributed by atoms with E-state index in [0.717, 1.165) is 18.8 Å². The summed E-state index contributed by atoms with van der Waals surface area (Å²) in [6, 6.07) is 3.50. The lowest BCUT2D eigenvalue weighted by molar-refractivity contribution is -0.131. The highest BCUT2D eigenvalue weighted by molar-refractivity contribution is 5.84. The molecule has 1 aromatic rings. The van der Waals surface area contributed by atoms with Gasteiger partial charge in [-0.3, -0.25) is 9.78 Å². The molecule has 1 atom stereocenters. The number of likely N-dealkylation sites (N-methyl/N-ethyl adjacent to an activating group) is 1. The molecule has 1 unspecified atom stereocenters. The lowest BCUT2D eigenvalue weighted by Gasteiger charge is -2.23. The Morgan fingerprint density at radius 3 is 2.44 bits per heavy atom. The first kappa shape index (κ1) is 12.5. The molecule has 4 nitrogen and oxygen atoms in total. The fourth-order valence-electron chi connectivity index (χ4n) is 1.57. The van der Waals surface area contributed by atoms with E-state index in [0.29, 0.717) is 0 Å². The van der Waals surface area contributed by atoms with Crippen LogP contribution in [0.4, 0.5) is 5.69 Å². The van der Waals surface area contributed by atoms with Crippen LogP contribution in [0.25, 0.3) is 0 Å². The lowest BCUT2D eigenvalue weighted by Crippen LogP contribution is -2.41. The van der Waals surface area contributed by atoms with Crippen LogP contribution >= 0.6 is 0 Å². The molecule has 1 amide bonds. The van der Waals surface area contributed by atoms with Crippen LogP contribution < -0.4 is 5.32 Å². The van der Waals surface area contributed by atoms with Gasteiger partial charge in [-0.05, 0) is 32.9 Å². The first-order valence-corrected chi connectivity index (χ1v) is 5.64. The van der Waals surface area contributed by atoms with Gasteiger partial charge in [0.1, 0.15) is 6.04 Å². The van der Waals surface area contributed by atoms with Crippen LogP contribution in [0.5, 0.6) is 0 Å². The molecular weight excluding hydrogens is 202 g/mol. The molecular formula is C12H19N3O. The van der Waals surface area contributed by atoms with Gasteiger partial charge in [0.05, 0.1) is 0 Å². The lowest BCUT2D eigenvalue weighted by atomic mass is 10.2. The van der Waals surface area contributed by atoms with E-state index in [-0.39, 0.29) is 11.9 Å². The van der Waals surface area contributed by atoms with Crippen molar-refractivity contribution in [3.8, 4) is 0 Å². The summed E-state index contributed by atoms with van der Waals surface area (Å²) in [5, 5.41) is 3.16. The van der Waals surface area contributed by atoms with E-state index in [1.165, 1.54) is 0 Å². The Morgan fingerprint density at radius 1 is 1.38 bits per heavy atom. The number of carbonyl (C=O) groups is 1. The van der Waals surface area contributed by atoms with Gasteiger partial charge in [-0.25, -0.2) is 0 Å². The quantitative estimate of drug-likeness (QED) is 0.824. The number of amides is 1. The summed E-state index contributed by atoms with van der Waals surface area (Å²) >= 11 is 0. The fraction of sp³-hybridized carbons (Fsp3) is 0.500. The standard InChI is InChI=1S/C12H19N3O/c1-4-15(5-2)12(16)10(3)14-11-6-8-13-9-7-11/h6-10H,4-5H2,1-3H3,(H,13,14). The minimum Gasteiger partial charge on any atom is -0.374 e. The highest BCUT2D eigenvalue weighted by Gasteiger charge is 2.17. The number of aromatic nitrogens is 1. The van der Waals surface area contributed by atoms with Crippen molar-refractivity contribution >= 4 is 11.6 Å². The molecule has 1 aromatic heterocycles. The van der Waals surface area contributed by atoms with Crippen molar-refractivity contribution in [2.24, 2.45) is 0 Å². The van der Waals surface area contributed by atoms with Gasteiger partial charge in [0.15, 0.2) is 0 Å². The smallest absolute Gasteiger partial charge is 0.244 e. The highest BCUT2D eigenvalue weighted by atomic mass is 16.2. The van der Waals surface area contributed by atoms with E-state index in [4.69, 9.17) is 0 Å². The van der Waals surface area contributed by atoms with E-state index in [2.05, 4.69) is 10.3 Å². The number of rotatable bonds is 5. The Labute approximate surface area is 96.7 Å². The maximum Gasteiger partial charge on any atom is 0.244 e. The van der Waals surface area contributed by atoms with E-state index in [1.54, 1.807) is 12.4 Å². The summed E-state index contributed by atoms with van der Waals surface area (Å²) in [4.78, 5) is 17.7. The van der Waals surface area contributed by atoms with E-state index in [1.807, 2.05) is 37.8 Å². The number of nitrogens with one attached hydrogen (secondary N) is 1. The molecule has 0 bridgehead atoms. The predicted octanol–water partition coefficient (Wildman–Crippen LogP) is 1.75. The van der Waals surface area contributed by atoms with Gasteiger partial charge in [-0.1, -0.05) is 0 Å². The van der Waals surface area contributed by atoms with Gasteiger partial charge in [-0.15, -0.1) is 0 Å². The molecule has 4 heteroatoms. The molecule has 0 saturated heterocycles. The minimum atomic E-state index is -0.206. The van der Waals surface area contributed by atoms with Gasteiger partial charge in [0.25, 0.3) is 0 Å². The number of hydrogen-bond acceptors (Lipinski definition) is 3. The van der Waals surface area contributed by atoms with Crippen molar-refractivity contribution in [2.75, 3.05) is 18.4 Å². The van der Waals surface area contributed by atoms with E-state index < -0.39 is 0 Å². The van der Waals surface area contributed by atoms with Crippen molar-refractivity contribution in [1.29, 1.82) is 0 Å². The third-order valence-electron chi connectivity index (χ3n) is 2.51. The number of nitrogens with zero attached hydrogens (tertiary/aromatic N) is 2. The summed E-state index contributed by atoms with van der Waals surface area (Å²) < 4.78 is 0. The fourth-order valence-corrected chi connectivity index (χ4v) is 1.57. The zero-order chi connectivity index (χ0) is 12.0. The van der Waals surface area contributed by atoms with Crippen LogP contribution in [-0.2, 0) is 4.79 Å². The molecule has 0 saturated carbocycles. The summed E-state index contributed by atoms with van der Waals surface area (Å²) in [6.45, 7) is 7.34. The topological polar surface area (TPSA) is 45.2 Å². The third kappa shape index (κ3) is 3.22. The summed E-state index contributed by atoms with van der Waals surface area (Å²) in [7, 11) is 0. The molecule has 0 aliphatic rings. The molecule has 0 aliphatic carbocycles. The molecule has 88 valence electrons. The largest absolute Gasteiger partial charge is 0.374 e. The Bertz CT molecular complexity index is 322. The molecule has 0 aliphatic heterocycles. The Balaban J connectivity index is 2.58. The summed E-state index contributed by atoms with van der Waals surface area (Å²) in [6.07, 6.45) is 3.41. The second-order valence-electron chi connectivity index (χ2n) is 3.61. The van der Waals surface area contributed by atoms with Gasteiger partial charge in [0, 0.05) is 31.2 Å². The molecule has 0 aromatic carbocycles. The number of carbonyl (C=O) groups excluding carboxylic acids is 1. The van der Waals surface area contributed by atoms with E-state index in [9.17, 15) is 4.79 Å². The molecule has 16 heavy (non-hydrogen) atoms. The zero-order valence-corrected chi connectivity index (χ0v) is 10.1. The van der Waals surface area contributed by atoms with Crippen LogP contribution in [-0.4, -0.2) is 34.9 Å². The van der Waals surface area contributed by atoms with Crippen molar-refractivity contribution in [2.45, 2.75) is 26.8 Å². The molecule has 0 fully saturated rings. The van der Waals surface area contributed by atoms with Crippen LogP contribution in [0.2, 0.25) is 0 Å². The van der Waals surface area contributed by atoms with Crippen molar-refractivity contribution in [3.63, 3.8) is 0 Å². The van der Waals surface area contributed by atoms with Crippen molar-refractivity contribution in [3.05, 3.63) is 24.5 Å². The molecule has 0 radical (unpaired) electrons. The van der Waals surface area contributed by atoms with Crippen molar-refractivity contribution in [1.82, 2.24) is 9.88 Å². The van der Waals surface area contributed by atoms with Crippen LogP contribution in [0.15, 0.2) is 24.5 Å². The maximum atomic E-state index is 12.0. The first-order chi connectivity index (χ1) is 7.69. The first-order valence-electron chi connectivity index (χ1n) is 5.64. The Hall–Kier alpha value is -1.58. The second-order valence-corrected chi connectivity index (χ2v) is 3.61. The predicted molar refractivity (Wildman–Crippen MR) is 65.2 cm³/mol. The molecule has 1 N–H and O–H groups in total. The minimum absolute atomic E-state index is 0.127. The van der Waals surface area contributed by atoms with Gasteiger partial charge in [0.2, 0.25) is 5.91 Å². The average molecular weight is 221 g/mol. The normalized spacial score (nSPS) is 11.9. The molecule has 0 spiro atoms. The average Bonchev–Trinajstić information content (AvgIpc) is 2.31. The molecule has 1 heterocycles. The number of hydrogen-bond donors (Lipinski definition) is 1. The van der Waals surface area contributed by atoms with E-state index >= 15 is 0 Å². The van der Waals surface area contributed by atoms with Gasteiger partial charge in [-0.2, -0.15) is 0 Å². The number of anilines is 1. The Kier molecular flexibility index (Phi) is 4.76.